The molecule has 13 nitrogen and oxygen atoms in total. The molecule has 8 saturated heterocycles. The van der Waals surface area contributed by atoms with Crippen LogP contribution in [0.3, 0.4) is 0 Å². The highest BCUT2D eigenvalue weighted by molar-refractivity contribution is 8.78. The molecule has 278 valence electrons. The quantitative estimate of drug-likeness (QED) is 0.431. The number of amides is 5. The first kappa shape index (κ1) is 34.1. The van der Waals surface area contributed by atoms with Gasteiger partial charge in [-0.3, -0.25) is 24.1 Å². The van der Waals surface area contributed by atoms with Gasteiger partial charge in [0.15, 0.2) is 15.8 Å². The Kier molecular flexibility index (Phi) is 6.36. The summed E-state index contributed by atoms with van der Waals surface area (Å²) in [6, 6.07) is 6.84. The maximum atomic E-state index is 15.9. The summed E-state index contributed by atoms with van der Waals surface area (Å²) in [5, 5.41) is 17.0. The molecule has 5 amide bonds. The summed E-state index contributed by atoms with van der Waals surface area (Å²) in [4.78, 5) is 73.6. The second-order valence-electron chi connectivity index (χ2n) is 15.3. The van der Waals surface area contributed by atoms with E-state index in [1.807, 2.05) is 0 Å². The number of nitrogens with zero attached hydrogens (tertiary/aromatic N) is 5. The van der Waals surface area contributed by atoms with Crippen molar-refractivity contribution in [2.45, 2.75) is 75.0 Å². The van der Waals surface area contributed by atoms with E-state index in [-0.39, 0.29) is 17.5 Å². The van der Waals surface area contributed by atoms with Gasteiger partial charge in [-0.2, -0.15) is 0 Å². The van der Waals surface area contributed by atoms with Gasteiger partial charge in [-0.25, -0.2) is 13.6 Å². The van der Waals surface area contributed by atoms with Crippen molar-refractivity contribution in [1.82, 2.24) is 24.5 Å². The largest absolute Gasteiger partial charge is 0.441 e. The lowest BCUT2D eigenvalue weighted by atomic mass is 9.51. The molecule has 2 aromatic carbocycles. The zero-order valence-corrected chi connectivity index (χ0v) is 32.3. The molecule has 1 aliphatic carbocycles. The highest BCUT2D eigenvalue weighted by Gasteiger charge is 2.93. The number of ether oxygens (including phenoxy) is 1. The summed E-state index contributed by atoms with van der Waals surface area (Å²) >= 11 is 0. The van der Waals surface area contributed by atoms with Gasteiger partial charge in [0.25, 0.3) is 23.6 Å². The van der Waals surface area contributed by atoms with Gasteiger partial charge < -0.3 is 34.8 Å². The van der Waals surface area contributed by atoms with Crippen LogP contribution in [-0.4, -0.2) is 131 Å². The van der Waals surface area contributed by atoms with Gasteiger partial charge in [0.05, 0.1) is 16.9 Å². The lowest BCUT2D eigenvalue weighted by Crippen LogP contribution is -2.77. The van der Waals surface area contributed by atoms with Crippen molar-refractivity contribution in [3.8, 4) is 0 Å². The van der Waals surface area contributed by atoms with Gasteiger partial charge in [0, 0.05) is 33.9 Å². The van der Waals surface area contributed by atoms with E-state index in [1.54, 1.807) is 19.9 Å². The van der Waals surface area contributed by atoms with E-state index < -0.39 is 96.1 Å². The number of benzene rings is 2. The summed E-state index contributed by atoms with van der Waals surface area (Å²) in [6.07, 6.45) is -5.80. The van der Waals surface area contributed by atoms with Gasteiger partial charge in [0.1, 0.15) is 23.9 Å². The topological polar surface area (TPSA) is 143 Å². The zero-order valence-electron chi connectivity index (χ0n) is 29.0. The first-order chi connectivity index (χ1) is 24.9. The summed E-state index contributed by atoms with van der Waals surface area (Å²) in [6.45, 7) is 3.24. The summed E-state index contributed by atoms with van der Waals surface area (Å²) in [7, 11) is 10.2. The van der Waals surface area contributed by atoms with Gasteiger partial charge in [0.2, 0.25) is 9.74 Å². The average Bonchev–Trinajstić information content (AvgIpc) is 3.76. The lowest BCUT2D eigenvalue weighted by molar-refractivity contribution is -0.166. The minimum atomic E-state index is -2.04. The molecular weight excluding hydrogens is 771 g/mol. The van der Waals surface area contributed by atoms with Crippen molar-refractivity contribution < 1.29 is 42.6 Å². The van der Waals surface area contributed by atoms with Gasteiger partial charge in [-0.15, -0.1) is 0 Å². The van der Waals surface area contributed by atoms with Crippen LogP contribution in [0.25, 0.3) is 0 Å². The molecule has 2 N–H and O–H groups in total. The number of hydrogen-bond donors (Lipinski definition) is 2. The van der Waals surface area contributed by atoms with Crippen LogP contribution in [0.2, 0.25) is 0 Å². The van der Waals surface area contributed by atoms with E-state index in [0.717, 1.165) is 48.1 Å². The molecule has 53 heavy (non-hydrogen) atoms. The Hall–Kier alpha value is -3.39. The SMILES string of the molecule is CN(C)C(=O)O[C@H]1[C@]2([C@@]34c5cc(F)ccc5C[C@@H]3N3C(=O)[C@]5(C)SS[C@]3(C(=O)N5C)[C@H]4O)c3cc(F)ccc3N[C@@H]2N2C(=O)[C@]3(C)SS[C@]12C(=O)N3C. The Bertz CT molecular complexity index is 2180. The first-order valence-corrected chi connectivity index (χ1v) is 21.1. The van der Waals surface area contributed by atoms with E-state index in [4.69, 9.17) is 4.74 Å². The number of aliphatic hydroxyl groups excluding tert-OH is 1. The third-order valence-corrected chi connectivity index (χ3v) is 20.5. The molecule has 8 fully saturated rings. The van der Waals surface area contributed by atoms with Gasteiger partial charge in [-0.1, -0.05) is 27.7 Å². The third-order valence-electron chi connectivity index (χ3n) is 13.1. The van der Waals surface area contributed by atoms with Crippen molar-refractivity contribution in [3.05, 3.63) is 64.7 Å². The number of aliphatic hydroxyl groups is 1. The molecule has 9 aliphatic heterocycles. The number of rotatable bonds is 2. The molecule has 0 unspecified atom stereocenters. The number of carbonyl (C=O) groups is 5. The monoisotopic (exact) mass is 802 g/mol. The fourth-order valence-corrected chi connectivity index (χ4v) is 17.8. The van der Waals surface area contributed by atoms with E-state index in [2.05, 4.69) is 5.32 Å². The minimum absolute atomic E-state index is 0.0281. The number of anilines is 1. The van der Waals surface area contributed by atoms with Gasteiger partial charge >= 0.3 is 6.09 Å². The van der Waals surface area contributed by atoms with Crippen molar-refractivity contribution in [2.24, 2.45) is 0 Å². The van der Waals surface area contributed by atoms with Crippen LogP contribution in [0.1, 0.15) is 30.5 Å². The molecule has 0 saturated carbocycles. The molecule has 4 bridgehead atoms. The number of halogens is 2. The maximum Gasteiger partial charge on any atom is 0.409 e. The predicted molar refractivity (Wildman–Crippen MR) is 193 cm³/mol. The number of piperazine rings is 2. The highest BCUT2D eigenvalue weighted by Crippen LogP contribution is 2.79. The van der Waals surface area contributed by atoms with Crippen molar-refractivity contribution in [1.29, 1.82) is 0 Å². The van der Waals surface area contributed by atoms with Crippen molar-refractivity contribution in [3.63, 3.8) is 0 Å². The Balaban J connectivity index is 1.39. The zero-order chi connectivity index (χ0) is 37.7. The summed E-state index contributed by atoms with van der Waals surface area (Å²) in [5.41, 5.74) is -2.84. The summed E-state index contributed by atoms with van der Waals surface area (Å²) < 4.78 is 38.3. The standard InChI is InChI=1S/C34H32F2N6O7S4/c1-29-24(44)41-20-11-14-7-8-15(35)12-17(14)31(20,21(43)33(41,52-50-29)26(46)39(29)5)32-18-13-16(36)9-10-19(18)37-23(32)42-25(45)30(2)40(6)27(47)34(42,53-51-30)22(32)49-28(48)38(3)4/h7-10,12-13,20-23,37,43H,11H2,1-6H3/t20-,21-,22-,23+,29-,30-,31-,32+,33-,34-/m0/s1. The Morgan fingerprint density at radius 1 is 0.830 bits per heavy atom. The van der Waals surface area contributed by atoms with Crippen molar-refractivity contribution in [2.75, 3.05) is 33.5 Å². The number of likely N-dealkylation sites (N-methyl/N-ethyl adjacent to an activating group) is 2. The Labute approximate surface area is 317 Å². The number of fused-ring (bicyclic) bond motifs is 11. The summed E-state index contributed by atoms with van der Waals surface area (Å²) in [5.74, 6) is -3.53. The van der Waals surface area contributed by atoms with E-state index in [1.165, 1.54) is 78.1 Å². The second-order valence-corrected chi connectivity index (χ2v) is 20.8. The van der Waals surface area contributed by atoms with E-state index in [9.17, 15) is 19.5 Å². The van der Waals surface area contributed by atoms with Crippen LogP contribution in [0, 0.1) is 11.6 Å². The third kappa shape index (κ3) is 3.20. The van der Waals surface area contributed by atoms with E-state index >= 15 is 18.4 Å². The van der Waals surface area contributed by atoms with Crippen LogP contribution in [0.15, 0.2) is 36.4 Å². The number of nitrogens with one attached hydrogen (secondary N) is 1. The fraction of sp³-hybridized carbons (Fsp3) is 0.500. The average molecular weight is 803 g/mol. The molecule has 9 heterocycles. The van der Waals surface area contributed by atoms with Crippen LogP contribution in [-0.2, 0) is 41.2 Å². The Morgan fingerprint density at radius 2 is 1.40 bits per heavy atom. The Morgan fingerprint density at radius 3 is 2.04 bits per heavy atom. The molecule has 0 aromatic heterocycles. The molecule has 2 spiro atoms. The number of carbonyl (C=O) groups excluding carboxylic acids is 5. The van der Waals surface area contributed by atoms with Crippen LogP contribution < -0.4 is 5.32 Å². The van der Waals surface area contributed by atoms with Crippen molar-refractivity contribution >= 4 is 78.6 Å². The van der Waals surface area contributed by atoms with E-state index in [0.29, 0.717) is 11.3 Å². The smallest absolute Gasteiger partial charge is 0.409 e. The molecule has 19 heteroatoms. The van der Waals surface area contributed by atoms with Crippen LogP contribution in [0.4, 0.5) is 19.3 Å². The molecular formula is C34H32F2N6O7S4. The predicted octanol–water partition coefficient (Wildman–Crippen LogP) is 2.49. The molecule has 10 atom stereocenters. The minimum Gasteiger partial charge on any atom is -0.441 e. The number of hydrogen-bond acceptors (Lipinski definition) is 12. The molecule has 2 aromatic rings. The highest BCUT2D eigenvalue weighted by atomic mass is 33.1. The fourth-order valence-electron chi connectivity index (χ4n) is 10.6. The normalized spacial score (nSPS) is 42.4. The molecule has 10 aliphatic rings. The molecule has 0 radical (unpaired) electrons. The maximum absolute atomic E-state index is 15.9. The molecule has 12 rings (SSSR count). The van der Waals surface area contributed by atoms with Crippen LogP contribution in [0.5, 0.6) is 0 Å². The first-order valence-electron chi connectivity index (χ1n) is 16.8. The van der Waals surface area contributed by atoms with Crippen LogP contribution >= 0.6 is 43.2 Å². The van der Waals surface area contributed by atoms with Gasteiger partial charge in [-0.05, 0) is 88.9 Å². The lowest BCUT2D eigenvalue weighted by Gasteiger charge is -2.58. The second kappa shape index (κ2) is 9.88.